The molecule has 0 heterocycles. The highest BCUT2D eigenvalue weighted by Crippen LogP contribution is 2.07. The number of hydrogen-bond donors (Lipinski definition) is 4. The summed E-state index contributed by atoms with van der Waals surface area (Å²) >= 11 is 0. The predicted octanol–water partition coefficient (Wildman–Crippen LogP) is 0.124. The molecule has 0 radical (unpaired) electrons. The molecule has 0 atom stereocenters. The minimum atomic E-state index is -0.0600. The van der Waals surface area contributed by atoms with Gasteiger partial charge in [-0.05, 0) is 19.1 Å². The number of aliphatic hydroxyl groups excluding tert-OH is 2. The maximum Gasteiger partial charge on any atom is 0.115 e. The molecule has 0 unspecified atom stereocenters. The standard InChI is InChI=1S/C7H8O.C4H11NO4/c1-6-2-4-7(8)5-3-6;6-1-3-8-5-9-4-2-7/h2-5,8H,1H3;5-7H,1-4H2. The Morgan fingerprint density at radius 2 is 1.47 bits per heavy atom. The Labute approximate surface area is 100 Å². The quantitative estimate of drug-likeness (QED) is 0.420. The van der Waals surface area contributed by atoms with Gasteiger partial charge in [-0.25, -0.2) is 0 Å². The van der Waals surface area contributed by atoms with Gasteiger partial charge >= 0.3 is 0 Å². The molecule has 0 aliphatic rings. The molecule has 1 rings (SSSR count). The lowest BCUT2D eigenvalue weighted by molar-refractivity contribution is -0.178. The fourth-order valence-corrected chi connectivity index (χ4v) is 0.761. The van der Waals surface area contributed by atoms with E-state index in [0.717, 1.165) is 0 Å². The number of phenols is 1. The molecule has 0 spiro atoms. The molecule has 0 saturated heterocycles. The smallest absolute Gasteiger partial charge is 0.115 e. The van der Waals surface area contributed by atoms with E-state index < -0.39 is 0 Å². The SMILES string of the molecule is Cc1ccc(O)cc1.OCCONOCCO. The molecule has 0 aliphatic heterocycles. The molecule has 0 amide bonds. The number of aliphatic hydroxyl groups is 2. The number of phenolic OH excluding ortho intramolecular Hbond substituents is 1. The lowest BCUT2D eigenvalue weighted by atomic mass is 10.2. The molecule has 0 saturated carbocycles. The zero-order valence-corrected chi connectivity index (χ0v) is 9.80. The normalized spacial score (nSPS) is 9.59. The largest absolute Gasteiger partial charge is 0.508 e. The monoisotopic (exact) mass is 245 g/mol. The molecule has 98 valence electrons. The maximum atomic E-state index is 8.76. The lowest BCUT2D eigenvalue weighted by Gasteiger charge is -2.01. The van der Waals surface area contributed by atoms with Crippen molar-refractivity contribution in [3.8, 4) is 5.75 Å². The van der Waals surface area contributed by atoms with Crippen LogP contribution in [0, 0.1) is 6.92 Å². The molecule has 1 aromatic rings. The third kappa shape index (κ3) is 11.1. The third-order valence-electron chi connectivity index (χ3n) is 1.54. The zero-order valence-electron chi connectivity index (χ0n) is 9.80. The van der Waals surface area contributed by atoms with Crippen LogP contribution in [-0.2, 0) is 9.68 Å². The van der Waals surface area contributed by atoms with E-state index in [4.69, 9.17) is 15.3 Å². The zero-order chi connectivity index (χ0) is 12.9. The summed E-state index contributed by atoms with van der Waals surface area (Å²) < 4.78 is 0. The Morgan fingerprint density at radius 1 is 1.00 bits per heavy atom. The van der Waals surface area contributed by atoms with Gasteiger partial charge in [-0.1, -0.05) is 23.3 Å². The van der Waals surface area contributed by atoms with Crippen molar-refractivity contribution in [1.82, 2.24) is 5.64 Å². The van der Waals surface area contributed by atoms with Crippen LogP contribution in [0.1, 0.15) is 5.56 Å². The van der Waals surface area contributed by atoms with Crippen molar-refractivity contribution < 1.29 is 25.0 Å². The van der Waals surface area contributed by atoms with Crippen LogP contribution in [-0.4, -0.2) is 41.7 Å². The van der Waals surface area contributed by atoms with E-state index in [9.17, 15) is 0 Å². The summed E-state index contributed by atoms with van der Waals surface area (Å²) in [5, 5.41) is 25.1. The number of hydrogen-bond acceptors (Lipinski definition) is 6. The summed E-state index contributed by atoms with van der Waals surface area (Å²) in [5.41, 5.74) is 3.24. The third-order valence-corrected chi connectivity index (χ3v) is 1.54. The van der Waals surface area contributed by atoms with Crippen LogP contribution in [0.3, 0.4) is 0 Å². The van der Waals surface area contributed by atoms with Gasteiger partial charge in [0, 0.05) is 0 Å². The molecule has 1 aromatic carbocycles. The summed E-state index contributed by atoms with van der Waals surface area (Å²) in [6, 6.07) is 7.09. The first kappa shape index (κ1) is 15.8. The fourth-order valence-electron chi connectivity index (χ4n) is 0.761. The summed E-state index contributed by atoms with van der Waals surface area (Å²) in [5.74, 6) is 0.329. The molecule has 0 fully saturated rings. The summed E-state index contributed by atoms with van der Waals surface area (Å²) in [6.45, 7) is 2.21. The topological polar surface area (TPSA) is 91.2 Å². The van der Waals surface area contributed by atoms with Gasteiger partial charge in [0.15, 0.2) is 0 Å². The van der Waals surface area contributed by atoms with Crippen LogP contribution in [0.4, 0.5) is 0 Å². The Kier molecular flexibility index (Phi) is 10.5. The highest BCUT2D eigenvalue weighted by molar-refractivity contribution is 5.24. The van der Waals surface area contributed by atoms with Gasteiger partial charge in [0.25, 0.3) is 0 Å². The van der Waals surface area contributed by atoms with Crippen LogP contribution in [0.25, 0.3) is 0 Å². The number of aromatic hydroxyl groups is 1. The van der Waals surface area contributed by atoms with Crippen molar-refractivity contribution in [3.63, 3.8) is 0 Å². The van der Waals surface area contributed by atoms with Crippen LogP contribution >= 0.6 is 0 Å². The van der Waals surface area contributed by atoms with Crippen molar-refractivity contribution >= 4 is 0 Å². The minimum Gasteiger partial charge on any atom is -0.508 e. The first-order valence-electron chi connectivity index (χ1n) is 5.16. The Hall–Kier alpha value is -1.18. The van der Waals surface area contributed by atoms with Gasteiger partial charge in [0.05, 0.1) is 26.4 Å². The van der Waals surface area contributed by atoms with E-state index in [-0.39, 0.29) is 26.4 Å². The van der Waals surface area contributed by atoms with Gasteiger partial charge in [-0.3, -0.25) is 9.68 Å². The molecule has 0 bridgehead atoms. The van der Waals surface area contributed by atoms with E-state index in [0.29, 0.717) is 5.75 Å². The van der Waals surface area contributed by atoms with Crippen molar-refractivity contribution in [2.75, 3.05) is 26.4 Å². The average Bonchev–Trinajstić information content (AvgIpc) is 2.34. The Bertz CT molecular complexity index is 238. The molecule has 4 N–H and O–H groups in total. The van der Waals surface area contributed by atoms with Crippen LogP contribution in [0.15, 0.2) is 24.3 Å². The first-order chi connectivity index (χ1) is 8.20. The van der Waals surface area contributed by atoms with Gasteiger partial charge in [-0.2, -0.15) is 0 Å². The molecule has 0 aliphatic carbocycles. The molecule has 0 aromatic heterocycles. The highest BCUT2D eigenvalue weighted by atomic mass is 16.9. The van der Waals surface area contributed by atoms with Gasteiger partial charge in [-0.15, -0.1) is 0 Å². The maximum absolute atomic E-state index is 8.76. The predicted molar refractivity (Wildman–Crippen MR) is 62.1 cm³/mol. The van der Waals surface area contributed by atoms with Crippen molar-refractivity contribution in [2.45, 2.75) is 6.92 Å². The first-order valence-corrected chi connectivity index (χ1v) is 5.16. The fraction of sp³-hybridized carbons (Fsp3) is 0.455. The van der Waals surface area contributed by atoms with Crippen molar-refractivity contribution in [3.05, 3.63) is 29.8 Å². The summed E-state index contributed by atoms with van der Waals surface area (Å²) in [7, 11) is 0. The molecular weight excluding hydrogens is 226 g/mol. The van der Waals surface area contributed by atoms with E-state index in [1.54, 1.807) is 12.1 Å². The van der Waals surface area contributed by atoms with Crippen LogP contribution < -0.4 is 5.64 Å². The summed E-state index contributed by atoms with van der Waals surface area (Å²) in [4.78, 5) is 8.90. The van der Waals surface area contributed by atoms with Gasteiger partial charge < -0.3 is 15.3 Å². The highest BCUT2D eigenvalue weighted by Gasteiger charge is 1.83. The Morgan fingerprint density at radius 3 is 1.82 bits per heavy atom. The second-order valence-corrected chi connectivity index (χ2v) is 3.06. The van der Waals surface area contributed by atoms with Crippen molar-refractivity contribution in [2.24, 2.45) is 0 Å². The lowest BCUT2D eigenvalue weighted by Crippen LogP contribution is -2.19. The molecule has 6 heteroatoms. The Balaban J connectivity index is 0.000000302. The number of rotatable bonds is 6. The van der Waals surface area contributed by atoms with E-state index in [1.807, 2.05) is 19.1 Å². The van der Waals surface area contributed by atoms with Gasteiger partial charge in [0.1, 0.15) is 5.75 Å². The van der Waals surface area contributed by atoms with Crippen LogP contribution in [0.5, 0.6) is 5.75 Å². The summed E-state index contributed by atoms with van der Waals surface area (Å²) in [6.07, 6.45) is 0. The van der Waals surface area contributed by atoms with Crippen LogP contribution in [0.2, 0.25) is 0 Å². The van der Waals surface area contributed by atoms with E-state index >= 15 is 0 Å². The molecule has 17 heavy (non-hydrogen) atoms. The number of aryl methyl sites for hydroxylation is 1. The molecule has 6 nitrogen and oxygen atoms in total. The number of benzene rings is 1. The average molecular weight is 245 g/mol. The second-order valence-electron chi connectivity index (χ2n) is 3.06. The van der Waals surface area contributed by atoms with E-state index in [2.05, 4.69) is 15.3 Å². The molecular formula is C11H19NO5. The minimum absolute atomic E-state index is 0.0600. The van der Waals surface area contributed by atoms with E-state index in [1.165, 1.54) is 5.56 Å². The van der Waals surface area contributed by atoms with Crippen molar-refractivity contribution in [1.29, 1.82) is 0 Å². The number of nitrogens with one attached hydrogen (secondary N) is 1. The second kappa shape index (κ2) is 11.3. The van der Waals surface area contributed by atoms with Gasteiger partial charge in [0.2, 0.25) is 0 Å².